The summed E-state index contributed by atoms with van der Waals surface area (Å²) in [6.45, 7) is 6.52. The van der Waals surface area contributed by atoms with Crippen LogP contribution in [0.1, 0.15) is 22.8 Å². The Kier molecular flexibility index (Phi) is 9.44. The van der Waals surface area contributed by atoms with Crippen molar-refractivity contribution in [1.82, 2.24) is 0 Å². The van der Waals surface area contributed by atoms with E-state index in [1.54, 1.807) is 6.07 Å². The van der Waals surface area contributed by atoms with Crippen LogP contribution in [0.5, 0.6) is 0 Å². The summed E-state index contributed by atoms with van der Waals surface area (Å²) in [6, 6.07) is 10.6. The molecule has 36 heavy (non-hydrogen) atoms. The Labute approximate surface area is 211 Å². The minimum absolute atomic E-state index is 0.0624. The van der Waals surface area contributed by atoms with Gasteiger partial charge in [0.1, 0.15) is 0 Å². The molecular weight excluding hydrogens is 527 g/mol. The van der Waals surface area contributed by atoms with Gasteiger partial charge in [-0.25, -0.2) is 18.0 Å². The van der Waals surface area contributed by atoms with Crippen LogP contribution in [0.4, 0.5) is 30.2 Å². The third-order valence-electron chi connectivity index (χ3n) is 5.28. The molecule has 0 amide bonds. The van der Waals surface area contributed by atoms with Gasteiger partial charge in [0.15, 0.2) is 0 Å². The number of halogens is 4. The molecule has 0 spiro atoms. The van der Waals surface area contributed by atoms with Gasteiger partial charge in [-0.3, -0.25) is 4.72 Å². The maximum absolute atomic E-state index is 11.8. The minimum atomic E-state index is -5.08. The summed E-state index contributed by atoms with van der Waals surface area (Å²) >= 11 is 6.14. The first-order chi connectivity index (χ1) is 16.6. The van der Waals surface area contributed by atoms with Crippen LogP contribution >= 0.6 is 11.6 Å². The second-order valence-electron chi connectivity index (χ2n) is 7.75. The van der Waals surface area contributed by atoms with Crippen molar-refractivity contribution in [2.24, 2.45) is 0 Å². The fourth-order valence-electron chi connectivity index (χ4n) is 3.36. The van der Waals surface area contributed by atoms with Gasteiger partial charge in [0.25, 0.3) is 0 Å². The van der Waals surface area contributed by atoms with E-state index in [0.29, 0.717) is 18.1 Å². The summed E-state index contributed by atoms with van der Waals surface area (Å²) in [4.78, 5) is 24.9. The van der Waals surface area contributed by atoms with Crippen LogP contribution in [0.2, 0.25) is 5.02 Å². The lowest BCUT2D eigenvalue weighted by atomic mass is 10.1. The molecule has 1 aliphatic heterocycles. The fraction of sp³-hybridized carbons (Fsp3) is 0.364. The van der Waals surface area contributed by atoms with Gasteiger partial charge >= 0.3 is 18.1 Å². The molecule has 1 saturated heterocycles. The average Bonchev–Trinajstić information content (AvgIpc) is 2.80. The van der Waals surface area contributed by atoms with Gasteiger partial charge in [0.2, 0.25) is 10.0 Å². The van der Waals surface area contributed by atoms with Crippen molar-refractivity contribution in [2.75, 3.05) is 46.5 Å². The van der Waals surface area contributed by atoms with Crippen LogP contribution in [0.3, 0.4) is 0 Å². The number of alkyl halides is 3. The molecule has 0 saturated carbocycles. The summed E-state index contributed by atoms with van der Waals surface area (Å²) in [5.41, 5.74) is 3.03. The molecule has 0 aliphatic carbocycles. The molecule has 1 fully saturated rings. The van der Waals surface area contributed by atoms with E-state index in [9.17, 15) is 31.5 Å². The molecule has 1 aliphatic rings. The Balaban J connectivity index is 0.000000572. The number of anilines is 3. The highest BCUT2D eigenvalue weighted by Gasteiger charge is 2.38. The largest absolute Gasteiger partial charge is 0.490 e. The Morgan fingerprint density at radius 2 is 1.58 bits per heavy atom. The second-order valence-corrected chi connectivity index (χ2v) is 10.2. The molecule has 0 bridgehead atoms. The lowest BCUT2D eigenvalue weighted by Gasteiger charge is -2.38. The summed E-state index contributed by atoms with van der Waals surface area (Å²) in [5, 5.41) is 17.4. The predicted octanol–water partition coefficient (Wildman–Crippen LogP) is 4.07. The number of aliphatic carboxylic acids is 1. The molecule has 9 nitrogen and oxygen atoms in total. The molecule has 2 aromatic rings. The molecule has 0 unspecified atom stereocenters. The third kappa shape index (κ3) is 7.92. The van der Waals surface area contributed by atoms with E-state index in [1.807, 2.05) is 25.1 Å². The number of nitrogens with zero attached hydrogens (tertiary/aromatic N) is 2. The number of carboxylic acids is 2. The summed E-state index contributed by atoms with van der Waals surface area (Å²) in [5.74, 6) is -4.06. The number of sulfonamides is 1. The van der Waals surface area contributed by atoms with Crippen molar-refractivity contribution in [3.63, 3.8) is 0 Å². The van der Waals surface area contributed by atoms with Crippen molar-refractivity contribution in [1.29, 1.82) is 0 Å². The molecule has 14 heteroatoms. The van der Waals surface area contributed by atoms with Crippen LogP contribution in [0.25, 0.3) is 0 Å². The standard InChI is InChI=1S/C20H24ClN3O4S.C2HF3O2/c1-3-29(27,28)22-18-7-6-16(13-17(18)20(25)26)23-8-10-24(11-9-23)19-12-15(21)5-4-14(19)2;3-2(4,5)1(6)7/h4-7,12-13,22H,3,8-11H2,1-2H3,(H,25,26);(H,6,7). The number of aryl methyl sites for hydroxylation is 1. The van der Waals surface area contributed by atoms with Crippen molar-refractivity contribution in [3.8, 4) is 0 Å². The zero-order valence-electron chi connectivity index (χ0n) is 19.3. The van der Waals surface area contributed by atoms with Crippen LogP contribution in [0, 0.1) is 6.92 Å². The Hall–Kier alpha value is -3.19. The summed E-state index contributed by atoms with van der Waals surface area (Å²) < 4.78 is 57.7. The van der Waals surface area contributed by atoms with Gasteiger partial charge in [-0.2, -0.15) is 13.2 Å². The molecular formula is C22H25ClF3N3O6S. The predicted molar refractivity (Wildman–Crippen MR) is 131 cm³/mol. The van der Waals surface area contributed by atoms with Gasteiger partial charge in [0, 0.05) is 42.6 Å². The molecule has 3 N–H and O–H groups in total. The fourth-order valence-corrected chi connectivity index (χ4v) is 4.19. The minimum Gasteiger partial charge on any atom is -0.478 e. The second kappa shape index (κ2) is 11.7. The third-order valence-corrected chi connectivity index (χ3v) is 6.80. The topological polar surface area (TPSA) is 127 Å². The van der Waals surface area contributed by atoms with Crippen molar-refractivity contribution in [2.45, 2.75) is 20.0 Å². The lowest BCUT2D eigenvalue weighted by molar-refractivity contribution is -0.192. The number of carbonyl (C=O) groups is 2. The maximum atomic E-state index is 11.8. The number of carboxylic acid groups (broad SMARTS) is 2. The molecule has 0 aromatic heterocycles. The maximum Gasteiger partial charge on any atom is 0.490 e. The van der Waals surface area contributed by atoms with Crippen LogP contribution in [-0.2, 0) is 14.8 Å². The Morgan fingerprint density at radius 3 is 2.08 bits per heavy atom. The first-order valence-corrected chi connectivity index (χ1v) is 12.6. The van der Waals surface area contributed by atoms with Crippen LogP contribution in [0.15, 0.2) is 36.4 Å². The van der Waals surface area contributed by atoms with Crippen LogP contribution in [-0.4, -0.2) is 68.7 Å². The average molecular weight is 552 g/mol. The first kappa shape index (κ1) is 29.0. The van der Waals surface area contributed by atoms with E-state index < -0.39 is 28.1 Å². The normalized spacial score (nSPS) is 14.1. The molecule has 0 atom stereocenters. The van der Waals surface area contributed by atoms with Crippen LogP contribution < -0.4 is 14.5 Å². The quantitative estimate of drug-likeness (QED) is 0.490. The zero-order chi connectivity index (χ0) is 27.3. The lowest BCUT2D eigenvalue weighted by Crippen LogP contribution is -2.46. The highest BCUT2D eigenvalue weighted by atomic mass is 35.5. The number of nitrogens with one attached hydrogen (secondary N) is 1. The number of piperazine rings is 1. The number of hydrogen-bond acceptors (Lipinski definition) is 6. The van der Waals surface area contributed by atoms with E-state index in [4.69, 9.17) is 21.5 Å². The van der Waals surface area contributed by atoms with E-state index in [0.717, 1.165) is 30.0 Å². The molecule has 1 heterocycles. The highest BCUT2D eigenvalue weighted by Crippen LogP contribution is 2.28. The Morgan fingerprint density at radius 1 is 1.03 bits per heavy atom. The molecule has 198 valence electrons. The van der Waals surface area contributed by atoms with Crippen molar-refractivity contribution in [3.05, 3.63) is 52.5 Å². The molecule has 0 radical (unpaired) electrons. The van der Waals surface area contributed by atoms with E-state index in [2.05, 4.69) is 14.5 Å². The molecule has 3 rings (SSSR count). The van der Waals surface area contributed by atoms with Gasteiger partial charge in [0.05, 0.1) is 17.0 Å². The zero-order valence-corrected chi connectivity index (χ0v) is 20.9. The van der Waals surface area contributed by atoms with Gasteiger partial charge in [-0.15, -0.1) is 0 Å². The monoisotopic (exact) mass is 551 g/mol. The smallest absolute Gasteiger partial charge is 0.478 e. The van der Waals surface area contributed by atoms with E-state index in [1.165, 1.54) is 19.1 Å². The van der Waals surface area contributed by atoms with Crippen molar-refractivity contribution < 1.29 is 41.4 Å². The Bertz CT molecular complexity index is 1220. The summed E-state index contributed by atoms with van der Waals surface area (Å²) in [7, 11) is -3.56. The number of hydrogen-bond donors (Lipinski definition) is 3. The summed E-state index contributed by atoms with van der Waals surface area (Å²) in [6.07, 6.45) is -5.08. The highest BCUT2D eigenvalue weighted by molar-refractivity contribution is 7.92. The SMILES string of the molecule is CCS(=O)(=O)Nc1ccc(N2CCN(c3cc(Cl)ccc3C)CC2)cc1C(=O)O.O=C(O)C(F)(F)F. The number of benzene rings is 2. The van der Waals surface area contributed by atoms with E-state index in [-0.39, 0.29) is 17.0 Å². The van der Waals surface area contributed by atoms with Gasteiger partial charge in [-0.05, 0) is 49.7 Å². The first-order valence-electron chi connectivity index (χ1n) is 10.6. The van der Waals surface area contributed by atoms with Gasteiger partial charge < -0.3 is 20.0 Å². The van der Waals surface area contributed by atoms with Crippen molar-refractivity contribution >= 4 is 50.6 Å². The molecule has 2 aromatic carbocycles. The number of aromatic carboxylic acids is 1. The van der Waals surface area contributed by atoms with E-state index >= 15 is 0 Å². The number of rotatable bonds is 6. The van der Waals surface area contributed by atoms with Gasteiger partial charge in [-0.1, -0.05) is 17.7 Å².